The molecule has 0 bridgehead atoms. The summed E-state index contributed by atoms with van der Waals surface area (Å²) < 4.78 is 1.88. The average Bonchev–Trinajstić information content (AvgIpc) is 3.04. The Bertz CT molecular complexity index is 293. The molecule has 0 aromatic heterocycles. The van der Waals surface area contributed by atoms with Crippen LogP contribution in [0.15, 0.2) is 0 Å². The molecule has 1 heterocycles. The quantitative estimate of drug-likeness (QED) is 0.167. The van der Waals surface area contributed by atoms with Gasteiger partial charge in [-0.3, -0.25) is 10.3 Å². The van der Waals surface area contributed by atoms with E-state index in [0.717, 1.165) is 16.7 Å². The highest BCUT2D eigenvalue weighted by atomic mass is 32.2. The molecule has 0 atom stereocenters. The van der Waals surface area contributed by atoms with Crippen molar-refractivity contribution >= 4 is 22.9 Å². The number of hydrazone groups is 1. The Morgan fingerprint density at radius 3 is 1.50 bits per heavy atom. The molecule has 5 nitrogen and oxygen atoms in total. The zero-order valence-corrected chi connectivity index (χ0v) is 21.2. The molecule has 0 aromatic rings. The number of nitrogens with two attached hydrogens (primary N) is 1. The van der Waals surface area contributed by atoms with Crippen LogP contribution in [0.2, 0.25) is 0 Å². The van der Waals surface area contributed by atoms with Crippen molar-refractivity contribution in [3.63, 3.8) is 0 Å². The first-order valence-electron chi connectivity index (χ1n) is 9.65. The zero-order valence-electron chi connectivity index (χ0n) is 20.3. The molecule has 0 aliphatic carbocycles. The summed E-state index contributed by atoms with van der Waals surface area (Å²) >= 11 is 0. The molecule has 160 valence electrons. The Balaban J connectivity index is -0.000000119. The highest BCUT2D eigenvalue weighted by molar-refractivity contribution is 7.96. The third kappa shape index (κ3) is 56.7. The monoisotopic (exact) mass is 395 g/mol. The van der Waals surface area contributed by atoms with E-state index in [2.05, 4.69) is 49.7 Å². The van der Waals surface area contributed by atoms with Crippen molar-refractivity contribution < 1.29 is 15.0 Å². The maximum absolute atomic E-state index is 2.92. The van der Waals surface area contributed by atoms with E-state index in [1.807, 2.05) is 72.3 Å². The van der Waals surface area contributed by atoms with Crippen molar-refractivity contribution in [3.8, 4) is 0 Å². The number of hydrazine groups is 1. The molecule has 6 heteroatoms. The van der Waals surface area contributed by atoms with Gasteiger partial charge in [0.15, 0.2) is 13.3 Å². The number of rotatable bonds is 1. The van der Waals surface area contributed by atoms with Crippen LogP contribution in [0.4, 0.5) is 0 Å². The summed E-state index contributed by atoms with van der Waals surface area (Å²) in [4.78, 5) is 2.92. The molecule has 5 N–H and O–H groups in total. The van der Waals surface area contributed by atoms with Gasteiger partial charge in [-0.25, -0.2) is 5.43 Å². The summed E-state index contributed by atoms with van der Waals surface area (Å²) in [5.74, 6) is 4.12. The van der Waals surface area contributed by atoms with E-state index in [1.54, 1.807) is 0 Å². The van der Waals surface area contributed by atoms with Gasteiger partial charge in [0.1, 0.15) is 11.5 Å². The van der Waals surface area contributed by atoms with Crippen LogP contribution in [-0.4, -0.2) is 76.8 Å². The van der Waals surface area contributed by atoms with Gasteiger partial charge in [0.2, 0.25) is 5.84 Å². The minimum atomic E-state index is 0.500. The van der Waals surface area contributed by atoms with E-state index >= 15 is 0 Å². The molecule has 0 amide bonds. The van der Waals surface area contributed by atoms with Crippen molar-refractivity contribution in [2.45, 2.75) is 54.4 Å². The molecular formula is C20H53N5S+4. The minimum Gasteiger partial charge on any atom is -0.351 e. The maximum atomic E-state index is 2.92. The molecule has 0 radical (unpaired) electrons. The summed E-state index contributed by atoms with van der Waals surface area (Å²) in [7, 11) is 12.4. The predicted octanol–water partition coefficient (Wildman–Crippen LogP) is 0.0785. The Labute approximate surface area is 168 Å². The van der Waals surface area contributed by atoms with Crippen LogP contribution in [0, 0.1) is 5.41 Å². The standard InChI is InChI=1S/C5H11S.C5H12.C4H11N2.C4H10N2.C2H7N/c1-6-4-2-3-5-6;1-5(2,3)4;1-4-6(3)5-2;1-4(5-2)6-3;1-3-2/h2-5H2,1H3;1-4H3;4-5H,1-3H3;1-3H3,(H,5,6);3H,1-2H3/q+1;;+1;;/p+2/b;;6-4+;;. The van der Waals surface area contributed by atoms with Crippen molar-refractivity contribution in [3.05, 3.63) is 0 Å². The molecule has 1 rings (SSSR count). The smallest absolute Gasteiger partial charge is 0.238 e. The predicted molar refractivity (Wildman–Crippen MR) is 125 cm³/mol. The van der Waals surface area contributed by atoms with Gasteiger partial charge in [0.25, 0.3) is 0 Å². The van der Waals surface area contributed by atoms with Crippen molar-refractivity contribution in [2.24, 2.45) is 5.41 Å². The molecule has 26 heavy (non-hydrogen) atoms. The molecule has 0 aromatic carbocycles. The Morgan fingerprint density at radius 1 is 1.12 bits per heavy atom. The highest BCUT2D eigenvalue weighted by Crippen LogP contribution is 2.09. The fraction of sp³-hybridized carbons (Fsp3) is 0.900. The normalized spacial score (nSPS) is 14.2. The van der Waals surface area contributed by atoms with Gasteiger partial charge in [0.05, 0.1) is 41.5 Å². The number of amidine groups is 1. The van der Waals surface area contributed by atoms with Crippen LogP contribution in [0.1, 0.15) is 54.4 Å². The van der Waals surface area contributed by atoms with Crippen LogP contribution >= 0.6 is 0 Å². The van der Waals surface area contributed by atoms with E-state index in [4.69, 9.17) is 0 Å². The molecule has 1 aliphatic heterocycles. The molecule has 0 spiro atoms. The fourth-order valence-corrected chi connectivity index (χ4v) is 2.65. The van der Waals surface area contributed by atoms with Gasteiger partial charge in [0, 0.05) is 13.8 Å². The second-order valence-corrected chi connectivity index (χ2v) is 10.1. The molecular weight excluding hydrogens is 342 g/mol. The largest absolute Gasteiger partial charge is 0.351 e. The number of hydrogen-bond acceptors (Lipinski definition) is 1. The lowest BCUT2D eigenvalue weighted by molar-refractivity contribution is -0.597. The average molecular weight is 396 g/mol. The number of quaternary nitrogens is 1. The number of nitrogens with zero attached hydrogens (tertiary/aromatic N) is 1. The fourth-order valence-electron chi connectivity index (χ4n) is 1.05. The molecule has 0 unspecified atom stereocenters. The third-order valence-electron chi connectivity index (χ3n) is 2.73. The molecule has 1 saturated heterocycles. The summed E-state index contributed by atoms with van der Waals surface area (Å²) in [6.45, 7) is 12.7. The summed E-state index contributed by atoms with van der Waals surface area (Å²) in [5, 5.41) is 4.92. The van der Waals surface area contributed by atoms with Crippen LogP contribution in [0.5, 0.6) is 0 Å². The van der Waals surface area contributed by atoms with E-state index < -0.39 is 0 Å². The first kappa shape index (κ1) is 32.9. The second kappa shape index (κ2) is 24.2. The summed E-state index contributed by atoms with van der Waals surface area (Å²) in [6, 6.07) is 0. The van der Waals surface area contributed by atoms with Crippen molar-refractivity contribution in [2.75, 3.05) is 60.0 Å². The van der Waals surface area contributed by atoms with Crippen molar-refractivity contribution in [1.82, 2.24) is 10.7 Å². The summed E-state index contributed by atoms with van der Waals surface area (Å²) in [5.41, 5.74) is 3.39. The zero-order chi connectivity index (χ0) is 21.6. The summed E-state index contributed by atoms with van der Waals surface area (Å²) in [6.07, 6.45) is 7.31. The van der Waals surface area contributed by atoms with Gasteiger partial charge in [-0.15, -0.1) is 4.68 Å². The molecule has 0 saturated carbocycles. The Hall–Kier alpha value is -0.750. The van der Waals surface area contributed by atoms with Crippen LogP contribution in [-0.2, 0) is 10.9 Å². The molecule has 1 fully saturated rings. The lowest BCUT2D eigenvalue weighted by Crippen LogP contribution is -2.74. The number of nitrogens with one attached hydrogen (secondary N) is 3. The van der Waals surface area contributed by atoms with E-state index in [-0.39, 0.29) is 0 Å². The van der Waals surface area contributed by atoms with Crippen LogP contribution < -0.4 is 21.1 Å². The molecule has 1 aliphatic rings. The van der Waals surface area contributed by atoms with Gasteiger partial charge < -0.3 is 5.32 Å². The van der Waals surface area contributed by atoms with E-state index in [1.165, 1.54) is 24.3 Å². The minimum absolute atomic E-state index is 0.500. The van der Waals surface area contributed by atoms with Gasteiger partial charge in [-0.1, -0.05) is 27.7 Å². The maximum Gasteiger partial charge on any atom is 0.238 e. The van der Waals surface area contributed by atoms with Crippen LogP contribution in [0.25, 0.3) is 0 Å². The first-order valence-corrected chi connectivity index (χ1v) is 11.6. The Morgan fingerprint density at radius 2 is 1.46 bits per heavy atom. The lowest BCUT2D eigenvalue weighted by Gasteiger charge is -2.05. The highest BCUT2D eigenvalue weighted by Gasteiger charge is 2.16. The van der Waals surface area contributed by atoms with Gasteiger partial charge in [-0.05, 0) is 29.2 Å². The van der Waals surface area contributed by atoms with Crippen LogP contribution in [0.3, 0.4) is 0 Å². The Kier molecular flexibility index (Phi) is 30.7. The lowest BCUT2D eigenvalue weighted by atomic mass is 10.0. The topological polar surface area (TPSA) is 57.6 Å². The van der Waals surface area contributed by atoms with Gasteiger partial charge in [-0.2, -0.15) is 0 Å². The SMILES string of the molecule is C/C=[N+](\C)NC.CC(C)(C)C.CNC(C)=[NH+]C.C[NH2+]C.C[S+]1CCCC1. The first-order chi connectivity index (χ1) is 11.9. The second-order valence-electron chi connectivity index (χ2n) is 7.69. The van der Waals surface area contributed by atoms with E-state index in [9.17, 15) is 0 Å². The van der Waals surface area contributed by atoms with Gasteiger partial charge >= 0.3 is 0 Å². The number of hydrogen-bond donors (Lipinski definition) is 4. The van der Waals surface area contributed by atoms with E-state index in [0.29, 0.717) is 5.41 Å². The van der Waals surface area contributed by atoms with Crippen molar-refractivity contribution in [1.29, 1.82) is 0 Å². The third-order valence-corrected chi connectivity index (χ3v) is 4.70.